The molecule has 1 fully saturated rings. The third kappa shape index (κ3) is 7.62. The zero-order valence-electron chi connectivity index (χ0n) is 20.6. The lowest BCUT2D eigenvalue weighted by atomic mass is 9.95. The van der Waals surface area contributed by atoms with Crippen LogP contribution in [0.1, 0.15) is 69.0 Å². The number of allylic oxidation sites excluding steroid dienone is 1. The molecule has 2 N–H and O–H groups in total. The maximum Gasteiger partial charge on any atom is 0.125 e. The van der Waals surface area contributed by atoms with E-state index < -0.39 is 0 Å². The van der Waals surface area contributed by atoms with E-state index in [9.17, 15) is 0 Å². The highest BCUT2D eigenvalue weighted by atomic mass is 15.3. The van der Waals surface area contributed by atoms with Crippen LogP contribution in [0.3, 0.4) is 0 Å². The first kappa shape index (κ1) is 25.3. The highest BCUT2D eigenvalue weighted by molar-refractivity contribution is 5.60. The van der Waals surface area contributed by atoms with Crippen LogP contribution in [0.25, 0.3) is 11.3 Å². The van der Waals surface area contributed by atoms with Crippen molar-refractivity contribution >= 4 is 0 Å². The zero-order chi connectivity index (χ0) is 23.5. The number of nitrogens with one attached hydrogen (secondary N) is 2. The SMILES string of the molecule is C=C(Cc1cnc(C)[nH]1)NC1CCCCC1.CC.Cc1nccc(-c2cnn(C)c2C)n1. The van der Waals surface area contributed by atoms with Crippen molar-refractivity contribution in [2.45, 2.75) is 79.2 Å². The molecule has 0 bridgehead atoms. The van der Waals surface area contributed by atoms with Gasteiger partial charge in [-0.1, -0.05) is 39.7 Å². The molecule has 3 heterocycles. The standard InChI is InChI=1S/C13H21N3.C10H12N4.C2H6/c1-10(8-13-9-14-11(2)16-13)15-12-6-4-3-5-7-12;1-7-9(6-12-14(7)3)10-4-5-11-8(2)13-10;1-2/h9,12,15H,1,3-8H2,2H3,(H,14,16);4-6H,1-3H3;1-2H3. The van der Waals surface area contributed by atoms with Gasteiger partial charge in [-0.2, -0.15) is 5.10 Å². The lowest BCUT2D eigenvalue weighted by molar-refractivity contribution is 0.394. The quantitative estimate of drug-likeness (QED) is 0.572. The molecule has 32 heavy (non-hydrogen) atoms. The molecule has 0 amide bonds. The van der Waals surface area contributed by atoms with Crippen molar-refractivity contribution in [2.24, 2.45) is 7.05 Å². The Morgan fingerprint density at radius 2 is 1.84 bits per heavy atom. The van der Waals surface area contributed by atoms with Gasteiger partial charge in [-0.05, 0) is 39.7 Å². The van der Waals surface area contributed by atoms with Crippen molar-refractivity contribution in [1.29, 1.82) is 0 Å². The number of nitrogens with zero attached hydrogens (tertiary/aromatic N) is 5. The average molecular weight is 438 g/mol. The van der Waals surface area contributed by atoms with Gasteiger partial charge in [0.1, 0.15) is 11.6 Å². The number of rotatable bonds is 5. The van der Waals surface area contributed by atoms with Crippen LogP contribution < -0.4 is 5.32 Å². The van der Waals surface area contributed by atoms with Crippen molar-refractivity contribution in [3.05, 3.63) is 60.0 Å². The molecule has 0 spiro atoms. The summed E-state index contributed by atoms with van der Waals surface area (Å²) in [6.45, 7) is 14.0. The van der Waals surface area contributed by atoms with E-state index in [0.29, 0.717) is 6.04 Å². The van der Waals surface area contributed by atoms with E-state index in [1.54, 1.807) is 6.20 Å². The number of aromatic amines is 1. The number of aromatic nitrogens is 6. The van der Waals surface area contributed by atoms with Crippen molar-refractivity contribution in [3.8, 4) is 11.3 Å². The van der Waals surface area contributed by atoms with Gasteiger partial charge < -0.3 is 10.3 Å². The van der Waals surface area contributed by atoms with E-state index in [1.165, 1.54) is 32.1 Å². The zero-order valence-corrected chi connectivity index (χ0v) is 20.6. The monoisotopic (exact) mass is 437 g/mol. The molecule has 0 unspecified atom stereocenters. The average Bonchev–Trinajstić information content (AvgIpc) is 3.35. The maximum absolute atomic E-state index is 4.35. The molecule has 3 aromatic rings. The normalized spacial score (nSPS) is 13.4. The third-order valence-electron chi connectivity index (χ3n) is 5.46. The molecule has 7 heteroatoms. The predicted molar refractivity (Wildman–Crippen MR) is 131 cm³/mol. The van der Waals surface area contributed by atoms with Crippen LogP contribution in [0, 0.1) is 20.8 Å². The molecule has 0 aliphatic heterocycles. The van der Waals surface area contributed by atoms with Gasteiger partial charge in [-0.3, -0.25) is 4.68 Å². The van der Waals surface area contributed by atoms with Gasteiger partial charge in [-0.25, -0.2) is 15.0 Å². The second-order valence-electron chi connectivity index (χ2n) is 8.01. The van der Waals surface area contributed by atoms with Crippen LogP contribution in [0.5, 0.6) is 0 Å². The van der Waals surface area contributed by atoms with E-state index in [0.717, 1.165) is 46.4 Å². The van der Waals surface area contributed by atoms with E-state index in [1.807, 2.05) is 64.8 Å². The molecule has 0 saturated heterocycles. The van der Waals surface area contributed by atoms with Gasteiger partial charge in [0.15, 0.2) is 0 Å². The lowest BCUT2D eigenvalue weighted by Gasteiger charge is -2.24. The molecule has 1 aliphatic carbocycles. The molecular weight excluding hydrogens is 398 g/mol. The van der Waals surface area contributed by atoms with Crippen LogP contribution in [-0.2, 0) is 13.5 Å². The van der Waals surface area contributed by atoms with Crippen molar-refractivity contribution < 1.29 is 0 Å². The van der Waals surface area contributed by atoms with Crippen molar-refractivity contribution in [3.63, 3.8) is 0 Å². The molecule has 1 aliphatic rings. The Bertz CT molecular complexity index is 964. The lowest BCUT2D eigenvalue weighted by Crippen LogP contribution is -2.30. The van der Waals surface area contributed by atoms with Crippen LogP contribution >= 0.6 is 0 Å². The first-order valence-electron chi connectivity index (χ1n) is 11.7. The molecule has 1 saturated carbocycles. The van der Waals surface area contributed by atoms with Gasteiger partial charge in [0.2, 0.25) is 0 Å². The van der Waals surface area contributed by atoms with Crippen LogP contribution in [0.15, 0.2) is 36.9 Å². The largest absolute Gasteiger partial charge is 0.386 e. The minimum Gasteiger partial charge on any atom is -0.386 e. The van der Waals surface area contributed by atoms with Gasteiger partial charge in [0.05, 0.1) is 11.9 Å². The van der Waals surface area contributed by atoms with Crippen molar-refractivity contribution in [1.82, 2.24) is 35.0 Å². The molecule has 0 atom stereocenters. The second kappa shape index (κ2) is 12.8. The van der Waals surface area contributed by atoms with E-state index in [2.05, 4.69) is 36.9 Å². The molecule has 7 nitrogen and oxygen atoms in total. The first-order valence-corrected chi connectivity index (χ1v) is 11.7. The highest BCUT2D eigenvalue weighted by Crippen LogP contribution is 2.20. The topological polar surface area (TPSA) is 84.3 Å². The van der Waals surface area contributed by atoms with Crippen molar-refractivity contribution in [2.75, 3.05) is 0 Å². The summed E-state index contributed by atoms with van der Waals surface area (Å²) >= 11 is 0. The summed E-state index contributed by atoms with van der Waals surface area (Å²) in [5.41, 5.74) is 5.37. The first-order chi connectivity index (χ1) is 15.4. The third-order valence-corrected chi connectivity index (χ3v) is 5.46. The summed E-state index contributed by atoms with van der Waals surface area (Å²) in [7, 11) is 1.92. The Morgan fingerprint density at radius 1 is 1.12 bits per heavy atom. The van der Waals surface area contributed by atoms with E-state index >= 15 is 0 Å². The summed E-state index contributed by atoms with van der Waals surface area (Å²) in [5.74, 6) is 1.76. The van der Waals surface area contributed by atoms with Crippen LogP contribution in [0.2, 0.25) is 0 Å². The Balaban J connectivity index is 0.000000212. The Morgan fingerprint density at radius 3 is 2.41 bits per heavy atom. The van der Waals surface area contributed by atoms with Gasteiger partial charge in [0.25, 0.3) is 0 Å². The summed E-state index contributed by atoms with van der Waals surface area (Å²) < 4.78 is 1.84. The van der Waals surface area contributed by atoms with E-state index in [4.69, 9.17) is 0 Å². The fourth-order valence-electron chi connectivity index (χ4n) is 3.73. The maximum atomic E-state index is 4.35. The molecule has 0 aromatic carbocycles. The molecule has 3 aromatic heterocycles. The second-order valence-corrected chi connectivity index (χ2v) is 8.01. The minimum absolute atomic E-state index is 0.644. The summed E-state index contributed by atoms with van der Waals surface area (Å²) in [5, 5.41) is 7.71. The smallest absolute Gasteiger partial charge is 0.125 e. The van der Waals surface area contributed by atoms with Crippen LogP contribution in [0.4, 0.5) is 0 Å². The fourth-order valence-corrected chi connectivity index (χ4v) is 3.73. The summed E-state index contributed by atoms with van der Waals surface area (Å²) in [4.78, 5) is 15.8. The number of aryl methyl sites for hydroxylation is 3. The Labute approximate surface area is 192 Å². The number of hydrogen-bond acceptors (Lipinski definition) is 5. The summed E-state index contributed by atoms with van der Waals surface area (Å²) in [6.07, 6.45) is 13.0. The molecule has 4 rings (SSSR count). The Hall–Kier alpha value is -2.96. The number of hydrogen-bond donors (Lipinski definition) is 2. The van der Waals surface area contributed by atoms with E-state index in [-0.39, 0.29) is 0 Å². The predicted octanol–water partition coefficient (Wildman–Crippen LogP) is 5.22. The number of imidazole rings is 1. The Kier molecular flexibility index (Phi) is 10.1. The molecule has 174 valence electrons. The molecule has 0 radical (unpaired) electrons. The summed E-state index contributed by atoms with van der Waals surface area (Å²) in [6, 6.07) is 2.54. The highest BCUT2D eigenvalue weighted by Gasteiger charge is 2.13. The minimum atomic E-state index is 0.644. The number of H-pyrrole nitrogens is 1. The van der Waals surface area contributed by atoms with Crippen LogP contribution in [-0.4, -0.2) is 35.8 Å². The molecular formula is C25H39N7. The fraction of sp³-hybridized carbons (Fsp3) is 0.520. The van der Waals surface area contributed by atoms with Gasteiger partial charge in [0, 0.05) is 54.6 Å². The van der Waals surface area contributed by atoms with Gasteiger partial charge >= 0.3 is 0 Å². The van der Waals surface area contributed by atoms with Gasteiger partial charge in [-0.15, -0.1) is 0 Å².